The van der Waals surface area contributed by atoms with E-state index in [1.807, 2.05) is 0 Å². The van der Waals surface area contributed by atoms with Crippen molar-refractivity contribution in [3.05, 3.63) is 0 Å². The van der Waals surface area contributed by atoms with E-state index in [0.29, 0.717) is 0 Å². The Bertz CT molecular complexity index is 370. The van der Waals surface area contributed by atoms with Gasteiger partial charge in [-0.2, -0.15) is 0 Å². The summed E-state index contributed by atoms with van der Waals surface area (Å²) < 4.78 is 0. The highest BCUT2D eigenvalue weighted by Crippen LogP contribution is 2.20. The molecule has 1 unspecified atom stereocenters. The first-order valence-corrected chi connectivity index (χ1v) is 17.7. The first-order valence-electron chi connectivity index (χ1n) is 17.7. The van der Waals surface area contributed by atoms with Crippen molar-refractivity contribution < 1.29 is 0 Å². The first-order chi connectivity index (χ1) is 17.7. The Morgan fingerprint density at radius 2 is 0.500 bits per heavy atom. The third-order valence-electron chi connectivity index (χ3n) is 8.53. The van der Waals surface area contributed by atoms with Crippen molar-refractivity contribution in [2.75, 3.05) is 0 Å². The van der Waals surface area contributed by atoms with Gasteiger partial charge in [-0.15, -0.1) is 0 Å². The fraction of sp³-hybridized carbons (Fsp3) is 1.00. The Hall–Kier alpha value is 0. The summed E-state index contributed by atoms with van der Waals surface area (Å²) in [6.07, 6.45) is 44.3. The molecule has 0 radical (unpaired) electrons. The van der Waals surface area contributed by atoms with Crippen LogP contribution in [0.2, 0.25) is 0 Å². The summed E-state index contributed by atoms with van der Waals surface area (Å²) in [6, 6.07) is 0. The van der Waals surface area contributed by atoms with Gasteiger partial charge in [0.05, 0.1) is 0 Å². The summed E-state index contributed by atoms with van der Waals surface area (Å²) in [4.78, 5) is 0. The van der Waals surface area contributed by atoms with Crippen LogP contribution in [-0.4, -0.2) is 0 Å². The summed E-state index contributed by atoms with van der Waals surface area (Å²) in [5.41, 5.74) is 0. The third-order valence-corrected chi connectivity index (χ3v) is 8.53. The maximum absolute atomic E-state index is 2.50. The van der Waals surface area contributed by atoms with Crippen molar-refractivity contribution in [3.63, 3.8) is 0 Å². The molecular weight excluding hydrogens is 432 g/mol. The quantitative estimate of drug-likeness (QED) is 0.0820. The second-order valence-corrected chi connectivity index (χ2v) is 13.1. The lowest BCUT2D eigenvalue weighted by Crippen LogP contribution is -1.95. The van der Waals surface area contributed by atoms with Gasteiger partial charge < -0.3 is 0 Å². The van der Waals surface area contributed by atoms with Crippen molar-refractivity contribution >= 4 is 0 Å². The van der Waals surface area contributed by atoms with E-state index in [-0.39, 0.29) is 0 Å². The standard InChI is InChI=1S/C36H74/c1-5-6-7-8-9-10-11-12-13-14-15-16-17-18-19-20-21-22-23-24-27-30-33-36(4)34-31-28-25-26-29-32-35(2)3/h35-36H,5-34H2,1-4H3. The van der Waals surface area contributed by atoms with Gasteiger partial charge in [-0.25, -0.2) is 0 Å². The molecule has 0 spiro atoms. The highest BCUT2D eigenvalue weighted by Gasteiger charge is 2.03. The summed E-state index contributed by atoms with van der Waals surface area (Å²) >= 11 is 0. The highest BCUT2D eigenvalue weighted by molar-refractivity contribution is 4.57. The van der Waals surface area contributed by atoms with Gasteiger partial charge in [0.15, 0.2) is 0 Å². The van der Waals surface area contributed by atoms with Crippen LogP contribution >= 0.6 is 0 Å². The van der Waals surface area contributed by atoms with Gasteiger partial charge in [-0.3, -0.25) is 0 Å². The van der Waals surface area contributed by atoms with Crippen molar-refractivity contribution in [2.24, 2.45) is 11.8 Å². The molecule has 0 aromatic heterocycles. The van der Waals surface area contributed by atoms with Gasteiger partial charge >= 0.3 is 0 Å². The molecule has 0 aromatic carbocycles. The molecule has 0 bridgehead atoms. The van der Waals surface area contributed by atoms with Crippen LogP contribution in [0.25, 0.3) is 0 Å². The zero-order chi connectivity index (χ0) is 26.4. The minimum absolute atomic E-state index is 0.892. The highest BCUT2D eigenvalue weighted by atomic mass is 14.1. The smallest absolute Gasteiger partial charge is 0.0443 e. The molecule has 0 nitrogen and oxygen atoms in total. The minimum atomic E-state index is 0.892. The van der Waals surface area contributed by atoms with Gasteiger partial charge in [-0.05, 0) is 11.8 Å². The van der Waals surface area contributed by atoms with Crippen LogP contribution in [0.1, 0.15) is 220 Å². The normalized spacial score (nSPS) is 12.6. The van der Waals surface area contributed by atoms with Crippen LogP contribution in [-0.2, 0) is 0 Å². The molecule has 0 saturated carbocycles. The first kappa shape index (κ1) is 36.0. The second kappa shape index (κ2) is 31.2. The van der Waals surface area contributed by atoms with Crippen LogP contribution in [0.15, 0.2) is 0 Å². The van der Waals surface area contributed by atoms with E-state index >= 15 is 0 Å². The van der Waals surface area contributed by atoms with Gasteiger partial charge in [-0.1, -0.05) is 220 Å². The number of hydrogen-bond acceptors (Lipinski definition) is 0. The molecule has 0 aliphatic heterocycles. The van der Waals surface area contributed by atoms with Crippen molar-refractivity contribution in [2.45, 2.75) is 220 Å². The molecule has 218 valence electrons. The Kier molecular flexibility index (Phi) is 31.2. The molecule has 36 heavy (non-hydrogen) atoms. The van der Waals surface area contributed by atoms with Crippen molar-refractivity contribution in [1.29, 1.82) is 0 Å². The predicted octanol–water partition coefficient (Wildman–Crippen LogP) is 14.0. The van der Waals surface area contributed by atoms with Gasteiger partial charge in [0.2, 0.25) is 0 Å². The Morgan fingerprint density at radius 1 is 0.278 bits per heavy atom. The second-order valence-electron chi connectivity index (χ2n) is 13.1. The SMILES string of the molecule is CCCCCCCCCCCCCCCCCCCCCCCCC(C)CCCCCCCC(C)C. The molecule has 0 heteroatoms. The molecule has 1 atom stereocenters. The van der Waals surface area contributed by atoms with Crippen molar-refractivity contribution in [1.82, 2.24) is 0 Å². The zero-order valence-electron chi connectivity index (χ0n) is 26.4. The average Bonchev–Trinajstić information content (AvgIpc) is 2.86. The maximum Gasteiger partial charge on any atom is -0.0443 e. The number of hydrogen-bond donors (Lipinski definition) is 0. The van der Waals surface area contributed by atoms with Crippen LogP contribution in [0.3, 0.4) is 0 Å². The molecule has 0 aliphatic rings. The van der Waals surface area contributed by atoms with E-state index in [1.54, 1.807) is 0 Å². The monoisotopic (exact) mass is 507 g/mol. The molecule has 0 fully saturated rings. The van der Waals surface area contributed by atoms with Crippen LogP contribution in [0.5, 0.6) is 0 Å². The lowest BCUT2D eigenvalue weighted by atomic mass is 9.95. The summed E-state index contributed by atoms with van der Waals surface area (Å²) in [5, 5.41) is 0. The van der Waals surface area contributed by atoms with Gasteiger partial charge in [0.1, 0.15) is 0 Å². The van der Waals surface area contributed by atoms with E-state index < -0.39 is 0 Å². The number of unbranched alkanes of at least 4 members (excludes halogenated alkanes) is 25. The Morgan fingerprint density at radius 3 is 0.750 bits per heavy atom. The van der Waals surface area contributed by atoms with E-state index in [9.17, 15) is 0 Å². The zero-order valence-corrected chi connectivity index (χ0v) is 26.4. The number of rotatable bonds is 31. The predicted molar refractivity (Wildman–Crippen MR) is 168 cm³/mol. The van der Waals surface area contributed by atoms with E-state index in [0.717, 1.165) is 11.8 Å². The molecule has 0 N–H and O–H groups in total. The average molecular weight is 507 g/mol. The lowest BCUT2D eigenvalue weighted by Gasteiger charge is -2.11. The molecule has 0 aromatic rings. The fourth-order valence-corrected chi connectivity index (χ4v) is 5.82. The Labute approximate surface area is 232 Å². The molecule has 0 amide bonds. The molecular formula is C36H74. The maximum atomic E-state index is 2.50. The minimum Gasteiger partial charge on any atom is -0.0654 e. The van der Waals surface area contributed by atoms with Gasteiger partial charge in [0, 0.05) is 0 Å². The van der Waals surface area contributed by atoms with Crippen LogP contribution < -0.4 is 0 Å². The van der Waals surface area contributed by atoms with Crippen molar-refractivity contribution in [3.8, 4) is 0 Å². The summed E-state index contributed by atoms with van der Waals surface area (Å²) in [7, 11) is 0. The van der Waals surface area contributed by atoms with E-state index in [2.05, 4.69) is 27.7 Å². The largest absolute Gasteiger partial charge is 0.0654 e. The molecule has 0 saturated heterocycles. The molecule has 0 rings (SSSR count). The fourth-order valence-electron chi connectivity index (χ4n) is 5.82. The lowest BCUT2D eigenvalue weighted by molar-refractivity contribution is 0.428. The van der Waals surface area contributed by atoms with E-state index in [4.69, 9.17) is 0 Å². The third kappa shape index (κ3) is 32.0. The summed E-state index contributed by atoms with van der Waals surface area (Å²) in [6.45, 7) is 9.51. The molecule has 0 aliphatic carbocycles. The summed E-state index contributed by atoms with van der Waals surface area (Å²) in [5.74, 6) is 1.86. The van der Waals surface area contributed by atoms with Gasteiger partial charge in [0.25, 0.3) is 0 Å². The topological polar surface area (TPSA) is 0 Å². The molecule has 0 heterocycles. The Balaban J connectivity index is 3.11. The van der Waals surface area contributed by atoms with Crippen LogP contribution in [0.4, 0.5) is 0 Å². The van der Waals surface area contributed by atoms with Crippen LogP contribution in [0, 0.1) is 11.8 Å². The van der Waals surface area contributed by atoms with E-state index in [1.165, 1.54) is 193 Å².